The Morgan fingerprint density at radius 2 is 2.33 bits per heavy atom. The van der Waals surface area contributed by atoms with Gasteiger partial charge in [-0.2, -0.15) is 14.8 Å². The number of allylic oxidation sites excluding steroid dienone is 1. The third kappa shape index (κ3) is 1.76. The number of carbonyl (C=O) groups is 1. The molecule has 1 aliphatic heterocycles. The molecule has 1 aromatic heterocycles. The molecule has 0 saturated heterocycles. The summed E-state index contributed by atoms with van der Waals surface area (Å²) in [6.45, 7) is 4.11. The van der Waals surface area contributed by atoms with Gasteiger partial charge in [0.05, 0.1) is 6.20 Å². The Kier molecular flexibility index (Phi) is 2.52. The minimum Gasteiger partial charge on any atom is -0.272 e. The van der Waals surface area contributed by atoms with Crippen molar-refractivity contribution in [3.05, 3.63) is 17.8 Å². The molecule has 78 valence electrons. The Hall–Kier alpha value is -1.67. The second kappa shape index (κ2) is 3.83. The molecule has 4 heteroatoms. The fourth-order valence-corrected chi connectivity index (χ4v) is 1.53. The molecule has 0 amide bonds. The Morgan fingerprint density at radius 1 is 1.53 bits per heavy atom. The maximum absolute atomic E-state index is 11.7. The quantitative estimate of drug-likeness (QED) is 0.703. The number of aliphatic imine (C=N–C) groups is 1. The van der Waals surface area contributed by atoms with E-state index in [1.54, 1.807) is 12.3 Å². The lowest BCUT2D eigenvalue weighted by molar-refractivity contribution is 0.0890. The lowest BCUT2D eigenvalue weighted by Crippen LogP contribution is -2.12. The van der Waals surface area contributed by atoms with Crippen LogP contribution in [0.5, 0.6) is 0 Å². The highest BCUT2D eigenvalue weighted by molar-refractivity contribution is 5.83. The van der Waals surface area contributed by atoms with Gasteiger partial charge in [-0.15, -0.1) is 0 Å². The summed E-state index contributed by atoms with van der Waals surface area (Å²) >= 11 is 0. The predicted molar refractivity (Wildman–Crippen MR) is 57.8 cm³/mol. The van der Waals surface area contributed by atoms with Crippen LogP contribution in [0.4, 0.5) is 5.82 Å². The first-order valence-corrected chi connectivity index (χ1v) is 5.09. The van der Waals surface area contributed by atoms with Gasteiger partial charge in [-0.1, -0.05) is 13.8 Å². The molecular weight excluding hydrogens is 190 g/mol. The van der Waals surface area contributed by atoms with Gasteiger partial charge in [0.15, 0.2) is 5.82 Å². The van der Waals surface area contributed by atoms with Crippen molar-refractivity contribution in [2.75, 3.05) is 0 Å². The van der Waals surface area contributed by atoms with Crippen LogP contribution in [-0.4, -0.2) is 21.6 Å². The Morgan fingerprint density at radius 3 is 3.07 bits per heavy atom. The van der Waals surface area contributed by atoms with E-state index in [1.807, 2.05) is 0 Å². The minimum absolute atomic E-state index is 0.00148. The number of hydrogen-bond acceptors (Lipinski definition) is 3. The van der Waals surface area contributed by atoms with Gasteiger partial charge in [0.25, 0.3) is 0 Å². The van der Waals surface area contributed by atoms with Crippen molar-refractivity contribution in [1.29, 1.82) is 0 Å². The second-order valence-electron chi connectivity index (χ2n) is 3.87. The van der Waals surface area contributed by atoms with Gasteiger partial charge in [-0.05, 0) is 24.3 Å². The smallest absolute Gasteiger partial charge is 0.249 e. The van der Waals surface area contributed by atoms with Crippen LogP contribution in [0.15, 0.2) is 17.3 Å². The van der Waals surface area contributed by atoms with Crippen LogP contribution in [0.2, 0.25) is 0 Å². The normalized spacial score (nSPS) is 15.3. The molecule has 1 aromatic rings. The van der Waals surface area contributed by atoms with Crippen LogP contribution >= 0.6 is 0 Å². The average Bonchev–Trinajstić information content (AvgIpc) is 2.57. The first-order valence-electron chi connectivity index (χ1n) is 5.09. The molecule has 0 saturated carbocycles. The third-order valence-electron chi connectivity index (χ3n) is 2.39. The Balaban J connectivity index is 2.58. The standard InChI is InChI=1S/C11H13N3O/c1-8(2)9-7-13-14-10(15)5-3-4-6-12-11(9)14/h4,7-8H,3,5H2,1-2H3. The van der Waals surface area contributed by atoms with Gasteiger partial charge >= 0.3 is 0 Å². The number of hydrogen-bond donors (Lipinski definition) is 0. The number of nitrogens with zero attached hydrogens (tertiary/aromatic N) is 3. The van der Waals surface area contributed by atoms with E-state index in [4.69, 9.17) is 0 Å². The van der Waals surface area contributed by atoms with Gasteiger partial charge in [0, 0.05) is 12.0 Å². The summed E-state index contributed by atoms with van der Waals surface area (Å²) in [4.78, 5) is 15.8. The lowest BCUT2D eigenvalue weighted by Gasteiger charge is -2.05. The summed E-state index contributed by atoms with van der Waals surface area (Å²) in [7, 11) is 0. The van der Waals surface area contributed by atoms with Gasteiger partial charge in [0.1, 0.15) is 0 Å². The first-order chi connectivity index (χ1) is 7.20. The highest BCUT2D eigenvalue weighted by Gasteiger charge is 2.17. The average molecular weight is 203 g/mol. The van der Waals surface area contributed by atoms with E-state index in [-0.39, 0.29) is 5.91 Å². The van der Waals surface area contributed by atoms with Crippen LogP contribution in [0.3, 0.4) is 0 Å². The molecular formula is C11H13N3O. The molecule has 15 heavy (non-hydrogen) atoms. The number of aromatic nitrogens is 2. The topological polar surface area (TPSA) is 47.2 Å². The van der Waals surface area contributed by atoms with Gasteiger partial charge in [0.2, 0.25) is 5.91 Å². The fraction of sp³-hybridized carbons (Fsp3) is 0.455. The highest BCUT2D eigenvalue weighted by Crippen LogP contribution is 2.26. The van der Waals surface area contributed by atoms with Crippen molar-refractivity contribution in [3.8, 4) is 0 Å². The van der Waals surface area contributed by atoms with E-state index in [1.165, 1.54) is 4.68 Å². The van der Waals surface area contributed by atoms with Crippen molar-refractivity contribution >= 4 is 17.6 Å². The van der Waals surface area contributed by atoms with Gasteiger partial charge < -0.3 is 0 Å². The summed E-state index contributed by atoms with van der Waals surface area (Å²) in [5.74, 6) is 3.77. The largest absolute Gasteiger partial charge is 0.272 e. The third-order valence-corrected chi connectivity index (χ3v) is 2.39. The van der Waals surface area contributed by atoms with Crippen LogP contribution in [0.25, 0.3) is 0 Å². The van der Waals surface area contributed by atoms with Crippen LogP contribution < -0.4 is 0 Å². The molecule has 0 radical (unpaired) electrons. The molecule has 0 aromatic carbocycles. The van der Waals surface area contributed by atoms with E-state index in [9.17, 15) is 4.79 Å². The van der Waals surface area contributed by atoms with Crippen molar-refractivity contribution in [2.45, 2.75) is 32.6 Å². The second-order valence-corrected chi connectivity index (χ2v) is 3.87. The summed E-state index contributed by atoms with van der Waals surface area (Å²) in [6, 6.07) is 0. The van der Waals surface area contributed by atoms with E-state index in [0.717, 1.165) is 5.56 Å². The van der Waals surface area contributed by atoms with E-state index in [2.05, 4.69) is 29.8 Å². The molecule has 0 spiro atoms. The van der Waals surface area contributed by atoms with Gasteiger partial charge in [-0.25, -0.2) is 0 Å². The minimum atomic E-state index is -0.00148. The fourth-order valence-electron chi connectivity index (χ4n) is 1.53. The Labute approximate surface area is 88.3 Å². The zero-order valence-corrected chi connectivity index (χ0v) is 8.90. The molecule has 2 rings (SSSR count). The lowest BCUT2D eigenvalue weighted by atomic mass is 10.1. The summed E-state index contributed by atoms with van der Waals surface area (Å²) < 4.78 is 1.38. The molecule has 0 atom stereocenters. The maximum Gasteiger partial charge on any atom is 0.249 e. The van der Waals surface area contributed by atoms with Gasteiger partial charge in [-0.3, -0.25) is 4.79 Å². The molecule has 0 fully saturated rings. The Bertz CT molecular complexity index is 450. The molecule has 0 aliphatic carbocycles. The number of rotatable bonds is 1. The predicted octanol–water partition coefficient (Wildman–Crippen LogP) is 2.30. The molecule has 0 unspecified atom stereocenters. The summed E-state index contributed by atoms with van der Waals surface area (Å²) in [5, 5.41) is 4.08. The first kappa shape index (κ1) is 9.87. The van der Waals surface area contributed by atoms with Crippen molar-refractivity contribution in [2.24, 2.45) is 4.99 Å². The van der Waals surface area contributed by atoms with Crippen molar-refractivity contribution in [1.82, 2.24) is 9.78 Å². The number of fused-ring (bicyclic) bond motifs is 1. The monoisotopic (exact) mass is 203 g/mol. The zero-order chi connectivity index (χ0) is 10.8. The van der Waals surface area contributed by atoms with Crippen molar-refractivity contribution in [3.63, 3.8) is 0 Å². The van der Waals surface area contributed by atoms with E-state index < -0.39 is 0 Å². The maximum atomic E-state index is 11.7. The molecule has 2 heterocycles. The van der Waals surface area contributed by atoms with E-state index >= 15 is 0 Å². The molecule has 0 bridgehead atoms. The van der Waals surface area contributed by atoms with E-state index in [0.29, 0.717) is 24.6 Å². The molecule has 1 aliphatic rings. The highest BCUT2D eigenvalue weighted by atomic mass is 16.2. The zero-order valence-electron chi connectivity index (χ0n) is 8.90. The van der Waals surface area contributed by atoms with Crippen LogP contribution in [0, 0.1) is 0 Å². The van der Waals surface area contributed by atoms with Crippen molar-refractivity contribution < 1.29 is 4.79 Å². The molecule has 4 nitrogen and oxygen atoms in total. The SMILES string of the molecule is CC(C)c1cnn2c1N=C=CCCC2=O. The van der Waals surface area contributed by atoms with Crippen LogP contribution in [-0.2, 0) is 0 Å². The number of carbonyl (C=O) groups excluding carboxylic acids is 1. The summed E-state index contributed by atoms with van der Waals surface area (Å²) in [5.41, 5.74) is 0.992. The van der Waals surface area contributed by atoms with Crippen LogP contribution in [0.1, 0.15) is 43.0 Å². The molecule has 0 N–H and O–H groups in total. The summed E-state index contributed by atoms with van der Waals surface area (Å²) in [6.07, 6.45) is 4.65.